The molecule has 4 nitrogen and oxygen atoms in total. The van der Waals surface area contributed by atoms with E-state index in [1.807, 2.05) is 17.9 Å². The van der Waals surface area contributed by atoms with E-state index in [4.69, 9.17) is 0 Å². The zero-order chi connectivity index (χ0) is 13.5. The van der Waals surface area contributed by atoms with Crippen LogP contribution in [0.1, 0.15) is 37.9 Å². The third-order valence-electron chi connectivity index (χ3n) is 3.65. The molecule has 4 heteroatoms. The maximum Gasteiger partial charge on any atom is 0.0537 e. The summed E-state index contributed by atoms with van der Waals surface area (Å²) in [4.78, 5) is 2.39. The number of rotatable bonds is 8. The van der Waals surface area contributed by atoms with E-state index in [0.717, 1.165) is 13.1 Å². The van der Waals surface area contributed by atoms with E-state index in [1.54, 1.807) is 0 Å². The molecule has 0 bridgehead atoms. The Morgan fingerprint density at radius 1 is 1.39 bits per heavy atom. The van der Waals surface area contributed by atoms with Crippen LogP contribution in [-0.4, -0.2) is 40.9 Å². The maximum absolute atomic E-state index is 4.24. The van der Waals surface area contributed by atoms with Crippen LogP contribution in [-0.2, 0) is 13.6 Å². The Balaban J connectivity index is 2.07. The molecule has 0 unspecified atom stereocenters. The van der Waals surface area contributed by atoms with Gasteiger partial charge in [0.15, 0.2) is 0 Å². The summed E-state index contributed by atoms with van der Waals surface area (Å²) in [5, 5.41) is 7.73. The summed E-state index contributed by atoms with van der Waals surface area (Å²) in [5.74, 6) is 0. The topological polar surface area (TPSA) is 33.1 Å². The molecule has 1 aromatic rings. The molecule has 0 aromatic carbocycles. The van der Waals surface area contributed by atoms with Crippen LogP contribution >= 0.6 is 0 Å². The van der Waals surface area contributed by atoms with Crippen molar-refractivity contribution in [1.82, 2.24) is 20.0 Å². The highest BCUT2D eigenvalue weighted by molar-refractivity contribution is 5.15. The van der Waals surface area contributed by atoms with Crippen molar-refractivity contribution in [2.45, 2.75) is 46.2 Å². The number of aryl methyl sites for hydroxylation is 1. The molecule has 1 N–H and O–H groups in total. The molecule has 18 heavy (non-hydrogen) atoms. The molecule has 0 radical (unpaired) electrons. The van der Waals surface area contributed by atoms with E-state index in [2.05, 4.69) is 43.1 Å². The van der Waals surface area contributed by atoms with Gasteiger partial charge in [0, 0.05) is 30.9 Å². The summed E-state index contributed by atoms with van der Waals surface area (Å²) in [6.45, 7) is 9.79. The lowest BCUT2D eigenvalue weighted by Crippen LogP contribution is -2.27. The van der Waals surface area contributed by atoms with Gasteiger partial charge in [-0.3, -0.25) is 4.68 Å². The number of nitrogens with zero attached hydrogens (tertiary/aromatic N) is 3. The van der Waals surface area contributed by atoms with Gasteiger partial charge in [0.1, 0.15) is 0 Å². The number of nitrogens with one attached hydrogen (secondary N) is 1. The molecule has 0 aliphatic carbocycles. The van der Waals surface area contributed by atoms with Crippen LogP contribution in [0.2, 0.25) is 0 Å². The number of aromatic nitrogens is 2. The van der Waals surface area contributed by atoms with Gasteiger partial charge in [-0.25, -0.2) is 0 Å². The summed E-state index contributed by atoms with van der Waals surface area (Å²) in [6, 6.07) is 0.649. The van der Waals surface area contributed by atoms with E-state index in [9.17, 15) is 0 Å². The summed E-state index contributed by atoms with van der Waals surface area (Å²) in [5.41, 5.74) is 2.55. The molecule has 0 atom stereocenters. The zero-order valence-corrected chi connectivity index (χ0v) is 12.5. The van der Waals surface area contributed by atoms with Crippen LogP contribution < -0.4 is 5.32 Å². The lowest BCUT2D eigenvalue weighted by atomic mass is 10.2. The van der Waals surface area contributed by atoms with Crippen molar-refractivity contribution in [2.75, 3.05) is 20.1 Å². The van der Waals surface area contributed by atoms with Gasteiger partial charge >= 0.3 is 0 Å². The Bertz CT molecular complexity index is 344. The van der Waals surface area contributed by atoms with Gasteiger partial charge in [-0.2, -0.15) is 5.10 Å². The van der Waals surface area contributed by atoms with Crippen molar-refractivity contribution in [3.05, 3.63) is 17.5 Å². The van der Waals surface area contributed by atoms with E-state index < -0.39 is 0 Å². The van der Waals surface area contributed by atoms with Gasteiger partial charge in [0.2, 0.25) is 0 Å². The minimum Gasteiger partial charge on any atom is -0.313 e. The van der Waals surface area contributed by atoms with E-state index >= 15 is 0 Å². The van der Waals surface area contributed by atoms with Crippen molar-refractivity contribution in [3.63, 3.8) is 0 Å². The van der Waals surface area contributed by atoms with Gasteiger partial charge < -0.3 is 10.2 Å². The molecule has 0 saturated carbocycles. The van der Waals surface area contributed by atoms with Crippen molar-refractivity contribution in [2.24, 2.45) is 7.05 Å². The average Bonchev–Trinajstić information content (AvgIpc) is 2.64. The van der Waals surface area contributed by atoms with E-state index in [-0.39, 0.29) is 0 Å². The van der Waals surface area contributed by atoms with Crippen molar-refractivity contribution >= 4 is 0 Å². The molecule has 0 saturated heterocycles. The predicted molar refractivity (Wildman–Crippen MR) is 76.7 cm³/mol. The molecule has 0 fully saturated rings. The Hall–Kier alpha value is -0.870. The lowest BCUT2D eigenvalue weighted by molar-refractivity contribution is 0.268. The smallest absolute Gasteiger partial charge is 0.0537 e. The van der Waals surface area contributed by atoms with Crippen molar-refractivity contribution in [1.29, 1.82) is 0 Å². The standard InChI is InChI=1S/C14H28N4/c1-12(2)17(4)9-7-6-8-15-10-14-11-16-18(5)13(14)3/h11-12,15H,6-10H2,1-5H3. The summed E-state index contributed by atoms with van der Waals surface area (Å²) < 4.78 is 1.93. The SMILES string of the molecule is Cc1c(CNCCCCN(C)C(C)C)cnn1C. The summed E-state index contributed by atoms with van der Waals surface area (Å²) in [6.07, 6.45) is 4.44. The Morgan fingerprint density at radius 2 is 2.11 bits per heavy atom. The zero-order valence-electron chi connectivity index (χ0n) is 12.5. The second-order valence-electron chi connectivity index (χ2n) is 5.34. The Labute approximate surface area is 111 Å². The Morgan fingerprint density at radius 3 is 2.67 bits per heavy atom. The fourth-order valence-corrected chi connectivity index (χ4v) is 1.81. The molecule has 0 amide bonds. The highest BCUT2D eigenvalue weighted by Gasteiger charge is 2.03. The lowest BCUT2D eigenvalue weighted by Gasteiger charge is -2.20. The van der Waals surface area contributed by atoms with E-state index in [1.165, 1.54) is 30.6 Å². The van der Waals surface area contributed by atoms with Gasteiger partial charge in [-0.05, 0) is 53.8 Å². The highest BCUT2D eigenvalue weighted by atomic mass is 15.3. The van der Waals surface area contributed by atoms with Crippen molar-refractivity contribution < 1.29 is 0 Å². The van der Waals surface area contributed by atoms with Gasteiger partial charge in [0.25, 0.3) is 0 Å². The van der Waals surface area contributed by atoms with Crippen LogP contribution in [0.15, 0.2) is 6.20 Å². The van der Waals surface area contributed by atoms with Crippen LogP contribution in [0.5, 0.6) is 0 Å². The molecule has 0 aliphatic heterocycles. The van der Waals surface area contributed by atoms with Crippen LogP contribution in [0.4, 0.5) is 0 Å². The third-order valence-corrected chi connectivity index (χ3v) is 3.65. The van der Waals surface area contributed by atoms with Gasteiger partial charge in [0.05, 0.1) is 6.20 Å². The largest absolute Gasteiger partial charge is 0.313 e. The molecule has 0 aliphatic rings. The summed E-state index contributed by atoms with van der Waals surface area (Å²) in [7, 11) is 4.18. The van der Waals surface area contributed by atoms with E-state index in [0.29, 0.717) is 6.04 Å². The molecule has 1 heterocycles. The second-order valence-corrected chi connectivity index (χ2v) is 5.34. The van der Waals surface area contributed by atoms with Crippen LogP contribution in [0.25, 0.3) is 0 Å². The quantitative estimate of drug-likeness (QED) is 0.718. The summed E-state index contributed by atoms with van der Waals surface area (Å²) >= 11 is 0. The molecule has 0 spiro atoms. The minimum absolute atomic E-state index is 0.649. The first-order chi connectivity index (χ1) is 8.52. The van der Waals surface area contributed by atoms with Crippen molar-refractivity contribution in [3.8, 4) is 0 Å². The average molecular weight is 252 g/mol. The number of hydrogen-bond acceptors (Lipinski definition) is 3. The normalized spacial score (nSPS) is 11.7. The molecule has 1 aromatic heterocycles. The monoisotopic (exact) mass is 252 g/mol. The first-order valence-corrected chi connectivity index (χ1v) is 6.90. The number of hydrogen-bond donors (Lipinski definition) is 1. The highest BCUT2D eigenvalue weighted by Crippen LogP contribution is 2.04. The van der Waals surface area contributed by atoms with Gasteiger partial charge in [-0.1, -0.05) is 0 Å². The minimum atomic E-state index is 0.649. The van der Waals surface area contributed by atoms with Gasteiger partial charge in [-0.15, -0.1) is 0 Å². The third kappa shape index (κ3) is 4.78. The predicted octanol–water partition coefficient (Wildman–Crippen LogP) is 1.94. The second kappa shape index (κ2) is 7.54. The first-order valence-electron chi connectivity index (χ1n) is 6.90. The molecular weight excluding hydrogens is 224 g/mol. The first kappa shape index (κ1) is 15.2. The van der Waals surface area contributed by atoms with Crippen LogP contribution in [0, 0.1) is 6.92 Å². The fourth-order valence-electron chi connectivity index (χ4n) is 1.81. The maximum atomic E-state index is 4.24. The molecule has 1 rings (SSSR count). The van der Waals surface area contributed by atoms with Crippen LogP contribution in [0.3, 0.4) is 0 Å². The molecular formula is C14H28N4. The fraction of sp³-hybridized carbons (Fsp3) is 0.786. The number of unbranched alkanes of at least 4 members (excludes halogenated alkanes) is 1. The Kier molecular flexibility index (Phi) is 6.36. The molecule has 104 valence electrons.